The van der Waals surface area contributed by atoms with Crippen LogP contribution in [0.4, 0.5) is 0 Å². The highest BCUT2D eigenvalue weighted by molar-refractivity contribution is 5.10. The summed E-state index contributed by atoms with van der Waals surface area (Å²) in [6.07, 6.45) is 2.29. The fraction of sp³-hybridized carbons (Fsp3) is 0.769. The van der Waals surface area contributed by atoms with E-state index < -0.39 is 0 Å². The Morgan fingerprint density at radius 2 is 2.35 bits per heavy atom. The van der Waals surface area contributed by atoms with E-state index in [9.17, 15) is 0 Å². The molecular weight excluding hydrogens is 212 g/mol. The van der Waals surface area contributed by atoms with Crippen molar-refractivity contribution in [3.05, 3.63) is 17.5 Å². The van der Waals surface area contributed by atoms with Crippen LogP contribution in [0.2, 0.25) is 0 Å². The van der Waals surface area contributed by atoms with Crippen LogP contribution in [0.3, 0.4) is 0 Å². The summed E-state index contributed by atoms with van der Waals surface area (Å²) in [4.78, 5) is 2.55. The topological polar surface area (TPSA) is 33.1 Å². The van der Waals surface area contributed by atoms with Gasteiger partial charge in [-0.2, -0.15) is 5.10 Å². The number of rotatable bonds is 5. The van der Waals surface area contributed by atoms with Gasteiger partial charge in [0, 0.05) is 26.2 Å². The Labute approximate surface area is 104 Å². The molecule has 1 aliphatic rings. The molecule has 1 atom stereocenters. The highest BCUT2D eigenvalue weighted by Crippen LogP contribution is 2.13. The van der Waals surface area contributed by atoms with Crippen molar-refractivity contribution in [2.24, 2.45) is 7.05 Å². The molecule has 1 aromatic heterocycles. The molecule has 0 aromatic carbocycles. The number of nitrogens with one attached hydrogen (secondary N) is 1. The molecule has 4 nitrogen and oxygen atoms in total. The van der Waals surface area contributed by atoms with Gasteiger partial charge in [-0.25, -0.2) is 0 Å². The Hall–Kier alpha value is -0.870. The van der Waals surface area contributed by atoms with E-state index in [2.05, 4.69) is 42.3 Å². The summed E-state index contributed by atoms with van der Waals surface area (Å²) in [7, 11) is 2.05. The van der Waals surface area contributed by atoms with E-state index in [0.717, 1.165) is 32.6 Å². The molecule has 4 heteroatoms. The third-order valence-corrected chi connectivity index (χ3v) is 3.71. The number of nitrogens with zero attached hydrogens (tertiary/aromatic N) is 3. The Balaban J connectivity index is 2.03. The lowest BCUT2D eigenvalue weighted by Crippen LogP contribution is -2.36. The van der Waals surface area contributed by atoms with Crippen molar-refractivity contribution >= 4 is 0 Å². The Morgan fingerprint density at radius 1 is 1.53 bits per heavy atom. The van der Waals surface area contributed by atoms with Gasteiger partial charge in [0.15, 0.2) is 0 Å². The Kier molecular flexibility index (Phi) is 4.18. The third-order valence-electron chi connectivity index (χ3n) is 3.71. The Morgan fingerprint density at radius 3 is 2.88 bits per heavy atom. The SMILES string of the molecule is CCc1cc(CN(CC)C2CCNC2)n(C)n1. The van der Waals surface area contributed by atoms with Gasteiger partial charge in [0.05, 0.1) is 11.4 Å². The van der Waals surface area contributed by atoms with Gasteiger partial charge < -0.3 is 5.32 Å². The van der Waals surface area contributed by atoms with Crippen LogP contribution in [-0.4, -0.2) is 40.4 Å². The number of aromatic nitrogens is 2. The zero-order valence-electron chi connectivity index (χ0n) is 11.2. The molecule has 2 heterocycles. The second-order valence-corrected chi connectivity index (χ2v) is 4.81. The smallest absolute Gasteiger partial charge is 0.0625 e. The van der Waals surface area contributed by atoms with Crippen LogP contribution in [0, 0.1) is 0 Å². The van der Waals surface area contributed by atoms with Gasteiger partial charge in [-0.1, -0.05) is 13.8 Å². The lowest BCUT2D eigenvalue weighted by Gasteiger charge is -2.26. The van der Waals surface area contributed by atoms with Crippen LogP contribution in [-0.2, 0) is 20.0 Å². The third kappa shape index (κ3) is 2.87. The molecule has 1 fully saturated rings. The van der Waals surface area contributed by atoms with Crippen LogP contribution in [0.15, 0.2) is 6.07 Å². The zero-order valence-corrected chi connectivity index (χ0v) is 11.2. The highest BCUT2D eigenvalue weighted by atomic mass is 15.3. The van der Waals surface area contributed by atoms with Gasteiger partial charge >= 0.3 is 0 Å². The second-order valence-electron chi connectivity index (χ2n) is 4.81. The van der Waals surface area contributed by atoms with E-state index in [-0.39, 0.29) is 0 Å². The molecule has 0 amide bonds. The molecule has 2 rings (SSSR count). The molecule has 1 saturated heterocycles. The summed E-state index contributed by atoms with van der Waals surface area (Å²) in [5.74, 6) is 0. The van der Waals surface area contributed by atoms with Gasteiger partial charge in [-0.15, -0.1) is 0 Å². The summed E-state index contributed by atoms with van der Waals surface area (Å²) in [5, 5.41) is 7.96. The average Bonchev–Trinajstić information content (AvgIpc) is 2.96. The van der Waals surface area contributed by atoms with E-state index >= 15 is 0 Å². The van der Waals surface area contributed by atoms with Crippen molar-refractivity contribution in [3.8, 4) is 0 Å². The lowest BCUT2D eigenvalue weighted by atomic mass is 10.2. The molecular formula is C13H24N4. The molecule has 0 spiro atoms. The van der Waals surface area contributed by atoms with Crippen LogP contribution in [0.5, 0.6) is 0 Å². The predicted molar refractivity (Wildman–Crippen MR) is 69.9 cm³/mol. The molecule has 1 unspecified atom stereocenters. The van der Waals surface area contributed by atoms with Gasteiger partial charge in [0.25, 0.3) is 0 Å². The fourth-order valence-corrected chi connectivity index (χ4v) is 2.55. The summed E-state index contributed by atoms with van der Waals surface area (Å²) < 4.78 is 2.03. The first-order valence-corrected chi connectivity index (χ1v) is 6.71. The summed E-state index contributed by atoms with van der Waals surface area (Å²) in [6.45, 7) is 8.82. The summed E-state index contributed by atoms with van der Waals surface area (Å²) in [6, 6.07) is 2.94. The van der Waals surface area contributed by atoms with E-state index in [0.29, 0.717) is 6.04 Å². The molecule has 17 heavy (non-hydrogen) atoms. The van der Waals surface area contributed by atoms with Crippen molar-refractivity contribution in [3.63, 3.8) is 0 Å². The molecule has 0 aliphatic carbocycles. The van der Waals surface area contributed by atoms with Crippen molar-refractivity contribution in [1.82, 2.24) is 20.0 Å². The number of hydrogen-bond donors (Lipinski definition) is 1. The lowest BCUT2D eigenvalue weighted by molar-refractivity contribution is 0.205. The number of hydrogen-bond acceptors (Lipinski definition) is 3. The van der Waals surface area contributed by atoms with Crippen LogP contribution in [0.25, 0.3) is 0 Å². The quantitative estimate of drug-likeness (QED) is 0.833. The number of likely N-dealkylation sites (N-methyl/N-ethyl adjacent to an activating group) is 1. The maximum Gasteiger partial charge on any atom is 0.0625 e. The van der Waals surface area contributed by atoms with E-state index in [1.165, 1.54) is 17.8 Å². The fourth-order valence-electron chi connectivity index (χ4n) is 2.55. The van der Waals surface area contributed by atoms with Gasteiger partial charge in [-0.05, 0) is 32.0 Å². The Bertz CT molecular complexity index is 352. The second kappa shape index (κ2) is 5.65. The minimum Gasteiger partial charge on any atom is -0.315 e. The first kappa shape index (κ1) is 12.6. The van der Waals surface area contributed by atoms with Crippen molar-refractivity contribution in [2.45, 2.75) is 39.3 Å². The minimum absolute atomic E-state index is 0.694. The van der Waals surface area contributed by atoms with Crippen molar-refractivity contribution in [2.75, 3.05) is 19.6 Å². The maximum absolute atomic E-state index is 4.52. The van der Waals surface area contributed by atoms with Gasteiger partial charge in [0.1, 0.15) is 0 Å². The summed E-state index contributed by atoms with van der Waals surface area (Å²) in [5.41, 5.74) is 2.53. The molecule has 96 valence electrons. The predicted octanol–water partition coefficient (Wildman–Crippen LogP) is 1.17. The average molecular weight is 236 g/mol. The van der Waals surface area contributed by atoms with Crippen LogP contribution in [0.1, 0.15) is 31.7 Å². The highest BCUT2D eigenvalue weighted by Gasteiger charge is 2.21. The molecule has 0 saturated carbocycles. The first-order chi connectivity index (χ1) is 8.24. The van der Waals surface area contributed by atoms with E-state index in [1.54, 1.807) is 0 Å². The standard InChI is InChI=1S/C13H24N4/c1-4-11-8-13(16(3)15-11)10-17(5-2)12-6-7-14-9-12/h8,12,14H,4-7,9-10H2,1-3H3. The molecule has 0 bridgehead atoms. The van der Waals surface area contributed by atoms with Gasteiger partial charge in [0.2, 0.25) is 0 Å². The maximum atomic E-state index is 4.52. The number of aryl methyl sites for hydroxylation is 2. The molecule has 1 aromatic rings. The van der Waals surface area contributed by atoms with Gasteiger partial charge in [-0.3, -0.25) is 9.58 Å². The largest absolute Gasteiger partial charge is 0.315 e. The first-order valence-electron chi connectivity index (χ1n) is 6.71. The molecule has 0 radical (unpaired) electrons. The monoisotopic (exact) mass is 236 g/mol. The normalized spacial score (nSPS) is 20.4. The van der Waals surface area contributed by atoms with Crippen molar-refractivity contribution in [1.29, 1.82) is 0 Å². The minimum atomic E-state index is 0.694. The van der Waals surface area contributed by atoms with E-state index in [1.807, 2.05) is 4.68 Å². The zero-order chi connectivity index (χ0) is 12.3. The van der Waals surface area contributed by atoms with Crippen LogP contribution < -0.4 is 5.32 Å². The molecule has 1 N–H and O–H groups in total. The molecule has 1 aliphatic heterocycles. The summed E-state index contributed by atoms with van der Waals surface area (Å²) >= 11 is 0. The van der Waals surface area contributed by atoms with Crippen LogP contribution >= 0.6 is 0 Å². The van der Waals surface area contributed by atoms with Crippen molar-refractivity contribution < 1.29 is 0 Å². The van der Waals surface area contributed by atoms with E-state index in [4.69, 9.17) is 0 Å².